The molecule has 1 aromatic heterocycles. The first kappa shape index (κ1) is 13.0. The Labute approximate surface area is 109 Å². The van der Waals surface area contributed by atoms with E-state index in [4.69, 9.17) is 9.52 Å². The molecule has 1 aliphatic rings. The van der Waals surface area contributed by atoms with Crippen molar-refractivity contribution < 1.29 is 19.1 Å². The highest BCUT2D eigenvalue weighted by Gasteiger charge is 2.32. The molecule has 1 unspecified atom stereocenters. The van der Waals surface area contributed by atoms with Gasteiger partial charge in [0.05, 0.1) is 6.42 Å². The third kappa shape index (κ3) is 2.69. The van der Waals surface area contributed by atoms with E-state index in [0.29, 0.717) is 11.6 Å². The molecule has 0 saturated carbocycles. The van der Waals surface area contributed by atoms with Crippen LogP contribution < -0.4 is 0 Å². The summed E-state index contributed by atoms with van der Waals surface area (Å²) in [5.74, 6) is -0.792. The van der Waals surface area contributed by atoms with Crippen LogP contribution in [0.1, 0.15) is 29.8 Å². The Morgan fingerprint density at radius 1 is 1.56 bits per heavy atom. The molecular weight excluding hydrogens is 254 g/mol. The molecular formula is C12H15NO4S. The van der Waals surface area contributed by atoms with E-state index >= 15 is 0 Å². The maximum Gasteiger partial charge on any atom is 0.305 e. The molecule has 5 nitrogen and oxygen atoms in total. The second-order valence-corrected chi connectivity index (χ2v) is 5.03. The molecule has 1 N–H and O–H groups in total. The molecule has 1 atom stereocenters. The highest BCUT2D eigenvalue weighted by molar-refractivity contribution is 7.98. The molecule has 98 valence electrons. The fourth-order valence-corrected chi connectivity index (χ4v) is 2.58. The molecule has 0 spiro atoms. The van der Waals surface area contributed by atoms with Crippen molar-refractivity contribution in [3.8, 4) is 0 Å². The quantitative estimate of drug-likeness (QED) is 0.847. The number of nitrogens with zero attached hydrogens (tertiary/aromatic N) is 1. The number of hydrogen-bond acceptors (Lipinski definition) is 4. The van der Waals surface area contributed by atoms with Crippen LogP contribution in [0.25, 0.3) is 0 Å². The Kier molecular flexibility index (Phi) is 3.96. The fraction of sp³-hybridized carbons (Fsp3) is 0.500. The molecule has 1 amide bonds. The van der Waals surface area contributed by atoms with Gasteiger partial charge in [0.2, 0.25) is 0 Å². The maximum absolute atomic E-state index is 12.2. The highest BCUT2D eigenvalue weighted by Crippen LogP contribution is 2.25. The van der Waals surface area contributed by atoms with Crippen LogP contribution in [-0.2, 0) is 4.79 Å². The first-order valence-corrected chi connectivity index (χ1v) is 7.01. The van der Waals surface area contributed by atoms with Crippen LogP contribution in [0, 0.1) is 0 Å². The van der Waals surface area contributed by atoms with Crippen molar-refractivity contribution in [2.75, 3.05) is 12.8 Å². The summed E-state index contributed by atoms with van der Waals surface area (Å²) in [5.41, 5.74) is 0. The molecule has 0 aromatic carbocycles. The van der Waals surface area contributed by atoms with Crippen molar-refractivity contribution in [2.24, 2.45) is 0 Å². The van der Waals surface area contributed by atoms with Gasteiger partial charge in [-0.3, -0.25) is 9.59 Å². The van der Waals surface area contributed by atoms with Gasteiger partial charge in [-0.25, -0.2) is 0 Å². The molecule has 2 rings (SSSR count). The number of amides is 1. The van der Waals surface area contributed by atoms with E-state index in [1.165, 1.54) is 11.8 Å². The second-order valence-electron chi connectivity index (χ2n) is 4.22. The standard InChI is InChI=1S/C12H15NO4S/c1-18-11-5-4-9(17-11)12(16)13-6-2-3-8(13)7-10(14)15/h4-5,8H,2-3,6-7H2,1H3,(H,14,15). The molecule has 1 saturated heterocycles. The van der Waals surface area contributed by atoms with Gasteiger partial charge in [-0.2, -0.15) is 0 Å². The van der Waals surface area contributed by atoms with Crippen LogP contribution in [0.4, 0.5) is 0 Å². The molecule has 2 heterocycles. The van der Waals surface area contributed by atoms with Gasteiger partial charge < -0.3 is 14.4 Å². The van der Waals surface area contributed by atoms with E-state index in [1.807, 2.05) is 6.26 Å². The topological polar surface area (TPSA) is 70.8 Å². The number of hydrogen-bond donors (Lipinski definition) is 1. The van der Waals surface area contributed by atoms with Gasteiger partial charge in [0.25, 0.3) is 5.91 Å². The summed E-state index contributed by atoms with van der Waals surface area (Å²) in [6, 6.07) is 3.18. The summed E-state index contributed by atoms with van der Waals surface area (Å²) in [6.07, 6.45) is 3.46. The number of carbonyl (C=O) groups is 2. The minimum absolute atomic E-state index is 0.00182. The van der Waals surface area contributed by atoms with Crippen molar-refractivity contribution >= 4 is 23.6 Å². The smallest absolute Gasteiger partial charge is 0.305 e. The van der Waals surface area contributed by atoms with E-state index in [0.717, 1.165) is 12.8 Å². The summed E-state index contributed by atoms with van der Waals surface area (Å²) >= 11 is 1.43. The van der Waals surface area contributed by atoms with E-state index in [1.54, 1.807) is 17.0 Å². The SMILES string of the molecule is CSc1ccc(C(=O)N2CCCC2CC(=O)O)o1. The first-order chi connectivity index (χ1) is 8.61. The predicted molar refractivity (Wildman–Crippen MR) is 66.8 cm³/mol. The Bertz CT molecular complexity index is 457. The summed E-state index contributed by atoms with van der Waals surface area (Å²) < 4.78 is 5.38. The lowest BCUT2D eigenvalue weighted by molar-refractivity contribution is -0.137. The molecule has 0 aliphatic carbocycles. The third-order valence-electron chi connectivity index (χ3n) is 3.04. The number of furan rings is 1. The second kappa shape index (κ2) is 5.48. The zero-order chi connectivity index (χ0) is 13.1. The van der Waals surface area contributed by atoms with Crippen molar-refractivity contribution in [2.45, 2.75) is 30.4 Å². The lowest BCUT2D eigenvalue weighted by atomic mass is 10.1. The minimum Gasteiger partial charge on any atom is -0.481 e. The first-order valence-electron chi connectivity index (χ1n) is 5.78. The van der Waals surface area contributed by atoms with Crippen LogP contribution >= 0.6 is 11.8 Å². The number of rotatable bonds is 4. The van der Waals surface area contributed by atoms with Crippen molar-refractivity contribution in [3.63, 3.8) is 0 Å². The van der Waals surface area contributed by atoms with Crippen LogP contribution in [0.2, 0.25) is 0 Å². The Morgan fingerprint density at radius 3 is 2.94 bits per heavy atom. The van der Waals surface area contributed by atoms with Crippen LogP contribution in [0.15, 0.2) is 21.6 Å². The predicted octanol–water partition coefficient (Wildman–Crippen LogP) is 2.08. The Balaban J connectivity index is 2.09. The monoisotopic (exact) mass is 269 g/mol. The van der Waals surface area contributed by atoms with Gasteiger partial charge in [-0.1, -0.05) is 11.8 Å². The molecule has 18 heavy (non-hydrogen) atoms. The van der Waals surface area contributed by atoms with Crippen molar-refractivity contribution in [3.05, 3.63) is 17.9 Å². The van der Waals surface area contributed by atoms with Crippen LogP contribution in [0.3, 0.4) is 0 Å². The van der Waals surface area contributed by atoms with Gasteiger partial charge in [-0.15, -0.1) is 0 Å². The molecule has 0 bridgehead atoms. The number of likely N-dealkylation sites (tertiary alicyclic amines) is 1. The maximum atomic E-state index is 12.2. The third-order valence-corrected chi connectivity index (χ3v) is 3.66. The zero-order valence-corrected chi connectivity index (χ0v) is 10.9. The largest absolute Gasteiger partial charge is 0.481 e. The van der Waals surface area contributed by atoms with Crippen LogP contribution in [0.5, 0.6) is 0 Å². The number of carbonyl (C=O) groups excluding carboxylic acids is 1. The van der Waals surface area contributed by atoms with Crippen molar-refractivity contribution in [1.82, 2.24) is 4.90 Å². The fourth-order valence-electron chi connectivity index (χ4n) is 2.20. The van der Waals surface area contributed by atoms with E-state index in [2.05, 4.69) is 0 Å². The molecule has 1 aliphatic heterocycles. The Hall–Kier alpha value is -1.43. The van der Waals surface area contributed by atoms with Gasteiger partial charge in [-0.05, 0) is 31.2 Å². The Morgan fingerprint density at radius 2 is 2.33 bits per heavy atom. The number of aliphatic carboxylic acids is 1. The number of thioether (sulfide) groups is 1. The van der Waals surface area contributed by atoms with Crippen LogP contribution in [-0.4, -0.2) is 40.7 Å². The van der Waals surface area contributed by atoms with Gasteiger partial charge in [0.1, 0.15) is 0 Å². The van der Waals surface area contributed by atoms with E-state index in [-0.39, 0.29) is 24.1 Å². The summed E-state index contributed by atoms with van der Waals surface area (Å²) in [5, 5.41) is 9.51. The molecule has 0 radical (unpaired) electrons. The van der Waals surface area contributed by atoms with E-state index < -0.39 is 5.97 Å². The number of carboxylic acids is 1. The van der Waals surface area contributed by atoms with Crippen molar-refractivity contribution in [1.29, 1.82) is 0 Å². The summed E-state index contributed by atoms with van der Waals surface area (Å²) in [6.45, 7) is 0.603. The molecule has 6 heteroatoms. The lowest BCUT2D eigenvalue weighted by Crippen LogP contribution is -2.36. The summed E-state index contributed by atoms with van der Waals surface area (Å²) in [4.78, 5) is 24.6. The average Bonchev–Trinajstić information content (AvgIpc) is 2.95. The van der Waals surface area contributed by atoms with E-state index in [9.17, 15) is 9.59 Å². The average molecular weight is 269 g/mol. The molecule has 1 aromatic rings. The number of carboxylic acid groups (broad SMARTS) is 1. The van der Waals surface area contributed by atoms with Gasteiger partial charge >= 0.3 is 5.97 Å². The normalized spacial score (nSPS) is 19.2. The van der Waals surface area contributed by atoms with Gasteiger partial charge in [0.15, 0.2) is 10.9 Å². The van der Waals surface area contributed by atoms with Gasteiger partial charge in [0, 0.05) is 12.6 Å². The minimum atomic E-state index is -0.871. The zero-order valence-electron chi connectivity index (χ0n) is 10.1. The lowest BCUT2D eigenvalue weighted by Gasteiger charge is -2.22. The summed E-state index contributed by atoms with van der Waals surface area (Å²) in [7, 11) is 0. The highest BCUT2D eigenvalue weighted by atomic mass is 32.2. The molecule has 1 fully saturated rings.